The van der Waals surface area contributed by atoms with Gasteiger partial charge in [0, 0.05) is 24.3 Å². The Labute approximate surface area is 160 Å². The fraction of sp³-hybridized carbons (Fsp3) is 0.474. The van der Waals surface area contributed by atoms with Gasteiger partial charge in [0.1, 0.15) is 11.4 Å². The summed E-state index contributed by atoms with van der Waals surface area (Å²) in [6.45, 7) is 11.7. The van der Waals surface area contributed by atoms with E-state index >= 15 is 0 Å². The number of ether oxygens (including phenoxy) is 1. The van der Waals surface area contributed by atoms with E-state index in [1.807, 2.05) is 26.0 Å². The first-order chi connectivity index (χ1) is 12.4. The van der Waals surface area contributed by atoms with Gasteiger partial charge >= 0.3 is 0 Å². The maximum absolute atomic E-state index is 12.2. The number of likely N-dealkylation sites (N-methyl/N-ethyl adjacent to an activating group) is 1. The first kappa shape index (κ1) is 20.3. The topological polar surface area (TPSA) is 59.4 Å². The summed E-state index contributed by atoms with van der Waals surface area (Å²) in [6, 6.07) is 5.47. The predicted molar refractivity (Wildman–Crippen MR) is 104 cm³/mol. The molecule has 0 radical (unpaired) electrons. The minimum absolute atomic E-state index is 0.172. The Morgan fingerprint density at radius 3 is 2.54 bits per heavy atom. The van der Waals surface area contributed by atoms with E-state index in [4.69, 9.17) is 16.3 Å². The van der Waals surface area contributed by atoms with Crippen molar-refractivity contribution < 1.29 is 9.53 Å². The van der Waals surface area contributed by atoms with Gasteiger partial charge in [0.25, 0.3) is 5.91 Å². The number of aromatic nitrogens is 2. The summed E-state index contributed by atoms with van der Waals surface area (Å²) in [5.41, 5.74) is 2.32. The standard InChI is InChI=1S/C19H27ClN4O2/c1-5-23(6-2)10-8-21-19(25)17-7-9-24(22-17)13-26-16-11-14(3)18(20)15(4)12-16/h7,9,11-12H,5-6,8,10,13H2,1-4H3,(H,21,25). The number of hydrogen-bond donors (Lipinski definition) is 1. The second-order valence-electron chi connectivity index (χ2n) is 6.17. The summed E-state index contributed by atoms with van der Waals surface area (Å²) < 4.78 is 7.34. The lowest BCUT2D eigenvalue weighted by Gasteiger charge is -2.17. The van der Waals surface area contributed by atoms with Gasteiger partial charge in [0.2, 0.25) is 0 Å². The van der Waals surface area contributed by atoms with E-state index in [1.165, 1.54) is 0 Å². The lowest BCUT2D eigenvalue weighted by atomic mass is 10.1. The first-order valence-electron chi connectivity index (χ1n) is 8.88. The molecule has 1 aromatic heterocycles. The summed E-state index contributed by atoms with van der Waals surface area (Å²) >= 11 is 6.16. The minimum atomic E-state index is -0.172. The van der Waals surface area contributed by atoms with Crippen molar-refractivity contribution in [2.75, 3.05) is 26.2 Å². The Morgan fingerprint density at radius 1 is 1.27 bits per heavy atom. The van der Waals surface area contributed by atoms with Crippen LogP contribution in [0.1, 0.15) is 35.5 Å². The fourth-order valence-corrected chi connectivity index (χ4v) is 2.75. The van der Waals surface area contributed by atoms with Crippen LogP contribution in [0.5, 0.6) is 5.75 Å². The molecule has 0 saturated carbocycles. The molecule has 1 aromatic carbocycles. The molecule has 6 nitrogen and oxygen atoms in total. The molecule has 0 aliphatic carbocycles. The second kappa shape index (κ2) is 9.59. The van der Waals surface area contributed by atoms with Crippen molar-refractivity contribution in [1.82, 2.24) is 20.0 Å². The zero-order chi connectivity index (χ0) is 19.1. The van der Waals surface area contributed by atoms with Gasteiger partial charge in [-0.15, -0.1) is 0 Å². The minimum Gasteiger partial charge on any atom is -0.471 e. The zero-order valence-corrected chi connectivity index (χ0v) is 16.6. The van der Waals surface area contributed by atoms with Crippen molar-refractivity contribution >= 4 is 17.5 Å². The zero-order valence-electron chi connectivity index (χ0n) is 15.9. The Hall–Kier alpha value is -2.05. The predicted octanol–water partition coefficient (Wildman–Crippen LogP) is 3.26. The van der Waals surface area contributed by atoms with Crippen LogP contribution in [0.3, 0.4) is 0 Å². The largest absolute Gasteiger partial charge is 0.471 e. The smallest absolute Gasteiger partial charge is 0.271 e. The Balaban J connectivity index is 1.86. The molecule has 142 valence electrons. The molecule has 0 fully saturated rings. The van der Waals surface area contributed by atoms with Crippen molar-refractivity contribution in [2.45, 2.75) is 34.4 Å². The van der Waals surface area contributed by atoms with Crippen LogP contribution in [0.2, 0.25) is 5.02 Å². The Morgan fingerprint density at radius 2 is 1.92 bits per heavy atom. The van der Waals surface area contributed by atoms with Crippen LogP contribution >= 0.6 is 11.6 Å². The normalized spacial score (nSPS) is 11.0. The SMILES string of the molecule is CCN(CC)CCNC(=O)c1ccn(COc2cc(C)c(Cl)c(C)c2)n1. The number of rotatable bonds is 9. The lowest BCUT2D eigenvalue weighted by molar-refractivity contribution is 0.0942. The van der Waals surface area contributed by atoms with Gasteiger partial charge in [-0.2, -0.15) is 5.10 Å². The van der Waals surface area contributed by atoms with Gasteiger partial charge in [-0.25, -0.2) is 4.68 Å². The summed E-state index contributed by atoms with van der Waals surface area (Å²) in [6.07, 6.45) is 1.73. The molecule has 0 atom stereocenters. The third-order valence-corrected chi connectivity index (χ3v) is 4.85. The van der Waals surface area contributed by atoms with Gasteiger partial charge in [0.15, 0.2) is 6.73 Å². The number of hydrogen-bond acceptors (Lipinski definition) is 4. The average molecular weight is 379 g/mol. The van der Waals surface area contributed by atoms with Gasteiger partial charge in [-0.3, -0.25) is 4.79 Å². The van der Waals surface area contributed by atoms with E-state index < -0.39 is 0 Å². The van der Waals surface area contributed by atoms with Crippen LogP contribution in [-0.4, -0.2) is 46.8 Å². The summed E-state index contributed by atoms with van der Waals surface area (Å²) in [7, 11) is 0. The molecule has 26 heavy (non-hydrogen) atoms. The number of amides is 1. The average Bonchev–Trinajstić information content (AvgIpc) is 3.10. The molecule has 0 spiro atoms. The molecule has 1 amide bonds. The number of halogens is 1. The molecule has 0 aliphatic rings. The molecule has 1 heterocycles. The van der Waals surface area contributed by atoms with Crippen LogP contribution in [0, 0.1) is 13.8 Å². The van der Waals surface area contributed by atoms with Crippen molar-refractivity contribution in [2.24, 2.45) is 0 Å². The molecule has 1 N–H and O–H groups in total. The second-order valence-corrected chi connectivity index (χ2v) is 6.55. The first-order valence-corrected chi connectivity index (χ1v) is 9.26. The lowest BCUT2D eigenvalue weighted by Crippen LogP contribution is -2.35. The van der Waals surface area contributed by atoms with Crippen LogP contribution in [-0.2, 0) is 6.73 Å². The monoisotopic (exact) mass is 378 g/mol. The molecule has 0 bridgehead atoms. The molecule has 0 unspecified atom stereocenters. The summed E-state index contributed by atoms with van der Waals surface area (Å²) in [5.74, 6) is 0.555. The molecule has 2 aromatic rings. The van der Waals surface area contributed by atoms with Gasteiger partial charge in [-0.05, 0) is 56.3 Å². The number of benzene rings is 1. The van der Waals surface area contributed by atoms with Gasteiger partial charge in [-0.1, -0.05) is 25.4 Å². The quantitative estimate of drug-likeness (QED) is 0.727. The number of nitrogens with zero attached hydrogens (tertiary/aromatic N) is 3. The van der Waals surface area contributed by atoms with E-state index in [1.54, 1.807) is 16.9 Å². The van der Waals surface area contributed by atoms with E-state index in [-0.39, 0.29) is 12.6 Å². The highest BCUT2D eigenvalue weighted by Gasteiger charge is 2.10. The van der Waals surface area contributed by atoms with Crippen LogP contribution in [0.25, 0.3) is 0 Å². The van der Waals surface area contributed by atoms with E-state index in [0.717, 1.165) is 41.5 Å². The van der Waals surface area contributed by atoms with Gasteiger partial charge < -0.3 is 15.0 Å². The third kappa shape index (κ3) is 5.47. The molecule has 7 heteroatoms. The number of aryl methyl sites for hydroxylation is 2. The Kier molecular flexibility index (Phi) is 7.48. The van der Waals surface area contributed by atoms with Crippen molar-refractivity contribution in [3.05, 3.63) is 46.2 Å². The number of carbonyl (C=O) groups excluding carboxylic acids is 1. The molecule has 0 aliphatic heterocycles. The van der Waals surface area contributed by atoms with Crippen LogP contribution < -0.4 is 10.1 Å². The van der Waals surface area contributed by atoms with E-state index in [9.17, 15) is 4.79 Å². The molecule has 0 saturated heterocycles. The van der Waals surface area contributed by atoms with E-state index in [2.05, 4.69) is 29.2 Å². The molecular weight excluding hydrogens is 352 g/mol. The maximum Gasteiger partial charge on any atom is 0.271 e. The summed E-state index contributed by atoms with van der Waals surface area (Å²) in [4.78, 5) is 14.4. The number of carbonyl (C=O) groups is 1. The molecular formula is C19H27ClN4O2. The highest BCUT2D eigenvalue weighted by atomic mass is 35.5. The van der Waals surface area contributed by atoms with Crippen LogP contribution in [0.15, 0.2) is 24.4 Å². The summed E-state index contributed by atoms with van der Waals surface area (Å²) in [5, 5.41) is 7.91. The maximum atomic E-state index is 12.2. The highest BCUT2D eigenvalue weighted by molar-refractivity contribution is 6.32. The third-order valence-electron chi connectivity index (χ3n) is 4.25. The highest BCUT2D eigenvalue weighted by Crippen LogP contribution is 2.25. The Bertz CT molecular complexity index is 718. The fourth-order valence-electron chi connectivity index (χ4n) is 2.64. The van der Waals surface area contributed by atoms with Crippen molar-refractivity contribution in [1.29, 1.82) is 0 Å². The van der Waals surface area contributed by atoms with E-state index in [0.29, 0.717) is 12.2 Å². The van der Waals surface area contributed by atoms with Crippen molar-refractivity contribution in [3.63, 3.8) is 0 Å². The number of nitrogens with one attached hydrogen (secondary N) is 1. The molecule has 2 rings (SSSR count). The van der Waals surface area contributed by atoms with Crippen LogP contribution in [0.4, 0.5) is 0 Å². The van der Waals surface area contributed by atoms with Gasteiger partial charge in [0.05, 0.1) is 0 Å². The van der Waals surface area contributed by atoms with Crippen molar-refractivity contribution in [3.8, 4) is 5.75 Å².